The van der Waals surface area contributed by atoms with Crippen LogP contribution in [-0.4, -0.2) is 52.4 Å². The average Bonchev–Trinajstić information content (AvgIpc) is 3.18. The molecule has 37 heavy (non-hydrogen) atoms. The zero-order chi connectivity index (χ0) is 26.5. The van der Waals surface area contributed by atoms with Crippen molar-refractivity contribution < 1.29 is 33.3 Å². The van der Waals surface area contributed by atoms with Crippen LogP contribution >= 0.6 is 0 Å². The van der Waals surface area contributed by atoms with Crippen LogP contribution in [0.5, 0.6) is 0 Å². The highest BCUT2D eigenvalue weighted by Crippen LogP contribution is 2.33. The number of H-pyrrole nitrogens is 1. The van der Waals surface area contributed by atoms with Crippen LogP contribution in [0.3, 0.4) is 0 Å². The number of carbonyl (C=O) groups excluding carboxylic acids is 3. The van der Waals surface area contributed by atoms with Crippen LogP contribution in [0.2, 0.25) is 0 Å². The van der Waals surface area contributed by atoms with Crippen molar-refractivity contribution in [1.82, 2.24) is 9.55 Å². The van der Waals surface area contributed by atoms with Gasteiger partial charge >= 0.3 is 23.6 Å². The molecule has 0 amide bonds. The topological polar surface area (TPSA) is 143 Å². The van der Waals surface area contributed by atoms with Crippen LogP contribution in [0.15, 0.2) is 76.3 Å². The first-order valence-electron chi connectivity index (χ1n) is 11.4. The molecule has 11 heteroatoms. The molecular formula is C26H24N2O9. The third-order valence-electron chi connectivity index (χ3n) is 5.58. The maximum atomic E-state index is 12.9. The summed E-state index contributed by atoms with van der Waals surface area (Å²) in [6.45, 7) is 2.23. The van der Waals surface area contributed by atoms with Crippen LogP contribution in [0.25, 0.3) is 0 Å². The Morgan fingerprint density at radius 2 is 1.49 bits per heavy atom. The van der Waals surface area contributed by atoms with Gasteiger partial charge in [0.2, 0.25) is 0 Å². The third kappa shape index (κ3) is 5.84. The van der Waals surface area contributed by atoms with E-state index in [9.17, 15) is 24.0 Å². The quantitative estimate of drug-likeness (QED) is 0.373. The first kappa shape index (κ1) is 25.6. The maximum absolute atomic E-state index is 12.9. The lowest BCUT2D eigenvalue weighted by Gasteiger charge is -2.24. The number of aromatic amines is 1. The van der Waals surface area contributed by atoms with E-state index in [1.807, 2.05) is 0 Å². The molecule has 0 radical (unpaired) electrons. The van der Waals surface area contributed by atoms with E-state index in [0.717, 1.165) is 11.5 Å². The van der Waals surface area contributed by atoms with Gasteiger partial charge in [-0.2, -0.15) is 0 Å². The summed E-state index contributed by atoms with van der Waals surface area (Å²) in [4.78, 5) is 65.3. The number of hydrogen-bond donors (Lipinski definition) is 1. The van der Waals surface area contributed by atoms with Gasteiger partial charge in [0.15, 0.2) is 18.4 Å². The van der Waals surface area contributed by atoms with Crippen molar-refractivity contribution in [3.05, 3.63) is 104 Å². The number of benzene rings is 2. The highest BCUT2D eigenvalue weighted by molar-refractivity contribution is 5.90. The van der Waals surface area contributed by atoms with E-state index in [1.54, 1.807) is 48.5 Å². The van der Waals surface area contributed by atoms with E-state index >= 15 is 0 Å². The highest BCUT2D eigenvalue weighted by Gasteiger charge is 2.51. The highest BCUT2D eigenvalue weighted by atomic mass is 16.7. The van der Waals surface area contributed by atoms with Gasteiger partial charge in [-0.25, -0.2) is 19.0 Å². The minimum atomic E-state index is -1.46. The molecule has 2 aromatic carbocycles. The van der Waals surface area contributed by atoms with Gasteiger partial charge in [-0.1, -0.05) is 36.4 Å². The first-order valence-corrected chi connectivity index (χ1v) is 11.4. The van der Waals surface area contributed by atoms with Crippen molar-refractivity contribution in [3.63, 3.8) is 0 Å². The average molecular weight is 508 g/mol. The zero-order valence-electron chi connectivity index (χ0n) is 20.0. The van der Waals surface area contributed by atoms with Gasteiger partial charge in [-0.15, -0.1) is 0 Å². The number of ether oxygens (including phenoxy) is 4. The molecule has 3 aromatic rings. The summed E-state index contributed by atoms with van der Waals surface area (Å²) in [5, 5.41) is 0. The number of carbonyl (C=O) groups is 3. The van der Waals surface area contributed by atoms with E-state index < -0.39 is 60.3 Å². The molecule has 0 spiro atoms. The van der Waals surface area contributed by atoms with Crippen LogP contribution in [-0.2, 0) is 23.7 Å². The Balaban J connectivity index is 1.68. The molecule has 1 N–H and O–H groups in total. The predicted molar refractivity (Wildman–Crippen MR) is 128 cm³/mol. The lowest BCUT2D eigenvalue weighted by molar-refractivity contribution is -0.156. The Labute approximate surface area is 210 Å². The van der Waals surface area contributed by atoms with Crippen LogP contribution in [0, 0.1) is 6.92 Å². The SMILES string of the molecule is CC(=O)O[C@H]1C(n2c(=O)cc(C)[nH]c2=O)O[C@H](COC(=O)c2ccccc2)[C@@H]1OC(=O)c1ccccc1. The van der Waals surface area contributed by atoms with Crippen molar-refractivity contribution in [1.29, 1.82) is 0 Å². The third-order valence-corrected chi connectivity index (χ3v) is 5.58. The summed E-state index contributed by atoms with van der Waals surface area (Å²) in [5.74, 6) is -2.20. The number of hydrogen-bond acceptors (Lipinski definition) is 9. The molecule has 0 bridgehead atoms. The predicted octanol–water partition coefficient (Wildman–Crippen LogP) is 1.76. The second kappa shape index (κ2) is 11.0. The number of nitrogens with zero attached hydrogens (tertiary/aromatic N) is 1. The molecule has 0 aliphatic carbocycles. The fraction of sp³-hybridized carbons (Fsp3) is 0.269. The van der Waals surface area contributed by atoms with E-state index in [0.29, 0.717) is 5.69 Å². The monoisotopic (exact) mass is 508 g/mol. The summed E-state index contributed by atoms with van der Waals surface area (Å²) in [7, 11) is 0. The van der Waals surface area contributed by atoms with E-state index in [-0.39, 0.29) is 11.1 Å². The normalized spacial score (nSPS) is 20.7. The molecule has 1 aromatic heterocycles. The molecule has 11 nitrogen and oxygen atoms in total. The number of esters is 3. The Kier molecular flexibility index (Phi) is 7.63. The Morgan fingerprint density at radius 3 is 2.05 bits per heavy atom. The van der Waals surface area contributed by atoms with Crippen molar-refractivity contribution in [2.45, 2.75) is 38.4 Å². The summed E-state index contributed by atoms with van der Waals surface area (Å²) in [6.07, 6.45) is -5.36. The van der Waals surface area contributed by atoms with Crippen molar-refractivity contribution >= 4 is 17.9 Å². The molecule has 1 saturated heterocycles. The lowest BCUT2D eigenvalue weighted by atomic mass is 10.1. The second-order valence-electron chi connectivity index (χ2n) is 8.31. The van der Waals surface area contributed by atoms with Crippen LogP contribution in [0.1, 0.15) is 39.6 Å². The van der Waals surface area contributed by atoms with Crippen molar-refractivity contribution in [2.75, 3.05) is 6.61 Å². The van der Waals surface area contributed by atoms with Gasteiger partial charge < -0.3 is 23.9 Å². The Morgan fingerprint density at radius 1 is 0.892 bits per heavy atom. The minimum absolute atomic E-state index is 0.206. The molecule has 4 rings (SSSR count). The van der Waals surface area contributed by atoms with Gasteiger partial charge in [0, 0.05) is 18.7 Å². The molecule has 4 atom stereocenters. The van der Waals surface area contributed by atoms with Crippen LogP contribution in [0.4, 0.5) is 0 Å². The molecule has 1 fully saturated rings. The Bertz CT molecular complexity index is 1370. The molecule has 1 unspecified atom stereocenters. The maximum Gasteiger partial charge on any atom is 0.338 e. The summed E-state index contributed by atoms with van der Waals surface area (Å²) < 4.78 is 23.1. The fourth-order valence-corrected chi connectivity index (χ4v) is 3.95. The summed E-state index contributed by atoms with van der Waals surface area (Å²) >= 11 is 0. The second-order valence-corrected chi connectivity index (χ2v) is 8.31. The molecule has 0 saturated carbocycles. The number of rotatable bonds is 7. The number of aryl methyl sites for hydroxylation is 1. The van der Waals surface area contributed by atoms with Gasteiger partial charge in [-0.05, 0) is 31.2 Å². The lowest BCUT2D eigenvalue weighted by Crippen LogP contribution is -2.45. The van der Waals surface area contributed by atoms with Crippen molar-refractivity contribution in [2.24, 2.45) is 0 Å². The van der Waals surface area contributed by atoms with Crippen molar-refractivity contribution in [3.8, 4) is 0 Å². The fourth-order valence-electron chi connectivity index (χ4n) is 3.95. The number of nitrogens with one attached hydrogen (secondary N) is 1. The van der Waals surface area contributed by atoms with Crippen LogP contribution < -0.4 is 11.2 Å². The van der Waals surface area contributed by atoms with E-state index in [1.165, 1.54) is 25.1 Å². The van der Waals surface area contributed by atoms with Gasteiger partial charge in [-0.3, -0.25) is 9.59 Å². The molecule has 1 aliphatic heterocycles. The molecular weight excluding hydrogens is 484 g/mol. The van der Waals surface area contributed by atoms with Gasteiger partial charge in [0.25, 0.3) is 5.56 Å². The molecule has 2 heterocycles. The summed E-state index contributed by atoms with van der Waals surface area (Å²) in [6, 6.07) is 17.4. The Hall–Kier alpha value is -4.51. The molecule has 192 valence electrons. The van der Waals surface area contributed by atoms with Gasteiger partial charge in [0.1, 0.15) is 12.7 Å². The zero-order valence-corrected chi connectivity index (χ0v) is 20.0. The summed E-state index contributed by atoms with van der Waals surface area (Å²) in [5.41, 5.74) is -0.745. The number of aromatic nitrogens is 2. The molecule has 1 aliphatic rings. The first-order chi connectivity index (χ1) is 17.7. The standard InChI is InChI=1S/C26H24N2O9/c1-15-13-20(30)28(26(33)27-15)23-22(35-16(2)29)21(37-25(32)18-11-7-4-8-12-18)19(36-23)14-34-24(31)17-9-5-3-6-10-17/h3-13,19,21-23H,14H2,1-2H3,(H,27,33)/t19-,21+,22-,23?/m1/s1. The largest absolute Gasteiger partial charge is 0.459 e. The minimum Gasteiger partial charge on any atom is -0.459 e. The van der Waals surface area contributed by atoms with Gasteiger partial charge in [0.05, 0.1) is 11.1 Å². The smallest absolute Gasteiger partial charge is 0.338 e. The van der Waals surface area contributed by atoms with E-state index in [2.05, 4.69) is 4.98 Å². The van der Waals surface area contributed by atoms with E-state index in [4.69, 9.17) is 18.9 Å².